The fourth-order valence-corrected chi connectivity index (χ4v) is 5.82. The highest BCUT2D eigenvalue weighted by molar-refractivity contribution is 8.22. The molecule has 0 aliphatic carbocycles. The summed E-state index contributed by atoms with van der Waals surface area (Å²) >= 11 is 1.63. The Bertz CT molecular complexity index is 794. The lowest BCUT2D eigenvalue weighted by atomic mass is 9.92. The van der Waals surface area contributed by atoms with Crippen LogP contribution in [0.25, 0.3) is 0 Å². The minimum atomic E-state index is -0.411. The number of rotatable bonds is 6. The quantitative estimate of drug-likeness (QED) is 0.617. The van der Waals surface area contributed by atoms with E-state index in [1.807, 2.05) is 13.1 Å². The molecule has 2 aliphatic heterocycles. The number of thiazole rings is 1. The van der Waals surface area contributed by atoms with E-state index in [-0.39, 0.29) is 0 Å². The Kier molecular flexibility index (Phi) is 5.72. The molecule has 4 rings (SSSR count). The molecule has 2 N–H and O–H groups in total. The van der Waals surface area contributed by atoms with Gasteiger partial charge in [-0.15, -0.1) is 11.3 Å². The Labute approximate surface area is 162 Å². The highest BCUT2D eigenvalue weighted by Gasteiger charge is 2.16. The molecule has 0 unspecified atom stereocenters. The average molecular weight is 387 g/mol. The number of anilines is 2. The van der Waals surface area contributed by atoms with Crippen LogP contribution in [-0.4, -0.2) is 23.1 Å². The van der Waals surface area contributed by atoms with E-state index < -0.39 is 10.9 Å². The second-order valence-corrected chi connectivity index (χ2v) is 9.70. The van der Waals surface area contributed by atoms with Crippen LogP contribution in [0, 0.1) is 12.8 Å². The van der Waals surface area contributed by atoms with Crippen LogP contribution in [0.15, 0.2) is 45.5 Å². The molecule has 4 heterocycles. The van der Waals surface area contributed by atoms with Gasteiger partial charge < -0.3 is 10.6 Å². The third kappa shape index (κ3) is 4.37. The first kappa shape index (κ1) is 17.8. The van der Waals surface area contributed by atoms with Crippen molar-refractivity contribution in [2.24, 2.45) is 5.92 Å². The number of nitrogens with zero attached hydrogens (tertiary/aromatic N) is 2. The van der Waals surface area contributed by atoms with Crippen LogP contribution >= 0.6 is 22.2 Å². The number of hydrogen-bond donors (Lipinski definition) is 3. The molecule has 1 fully saturated rings. The highest BCUT2D eigenvalue weighted by Crippen LogP contribution is 2.46. The number of pyridine rings is 1. The molecule has 2 aromatic heterocycles. The number of piperidine rings is 1. The third-order valence-corrected chi connectivity index (χ3v) is 7.71. The molecule has 2 aliphatic rings. The number of aryl methyl sites for hydroxylation is 2. The van der Waals surface area contributed by atoms with E-state index >= 15 is 0 Å². The molecular weight excluding hydrogens is 360 g/mol. The lowest BCUT2D eigenvalue weighted by molar-refractivity contribution is 0.354. The van der Waals surface area contributed by atoms with Gasteiger partial charge in [-0.2, -0.15) is 10.9 Å². The molecule has 0 radical (unpaired) electrons. The topological polar surface area (TPSA) is 49.8 Å². The second kappa shape index (κ2) is 8.37. The minimum Gasteiger partial charge on any atom is -0.317 e. The van der Waals surface area contributed by atoms with Crippen LogP contribution in [0.1, 0.15) is 30.5 Å². The average Bonchev–Trinajstić information content (AvgIpc) is 3.34. The Morgan fingerprint density at radius 1 is 1.27 bits per heavy atom. The van der Waals surface area contributed by atoms with E-state index in [4.69, 9.17) is 4.98 Å². The fourth-order valence-electron chi connectivity index (χ4n) is 3.47. The molecule has 0 bridgehead atoms. The van der Waals surface area contributed by atoms with Crippen molar-refractivity contribution in [1.29, 1.82) is 0 Å². The summed E-state index contributed by atoms with van der Waals surface area (Å²) in [6, 6.07) is 2.36. The molecule has 0 aromatic carbocycles. The summed E-state index contributed by atoms with van der Waals surface area (Å²) in [5.74, 6) is 1.81. The van der Waals surface area contributed by atoms with Crippen molar-refractivity contribution in [3.63, 3.8) is 0 Å². The summed E-state index contributed by atoms with van der Waals surface area (Å²) in [4.78, 5) is 10.6. The van der Waals surface area contributed by atoms with Gasteiger partial charge in [0.25, 0.3) is 0 Å². The molecule has 0 saturated carbocycles. The third-order valence-electron chi connectivity index (χ3n) is 4.95. The van der Waals surface area contributed by atoms with Crippen LogP contribution in [0.5, 0.6) is 0 Å². The predicted molar refractivity (Wildman–Crippen MR) is 114 cm³/mol. The summed E-state index contributed by atoms with van der Waals surface area (Å²) < 4.78 is 0. The lowest BCUT2D eigenvalue weighted by Crippen LogP contribution is -2.27. The van der Waals surface area contributed by atoms with Gasteiger partial charge >= 0.3 is 0 Å². The summed E-state index contributed by atoms with van der Waals surface area (Å²) in [6.07, 6.45) is 11.3. The van der Waals surface area contributed by atoms with Crippen LogP contribution in [0.2, 0.25) is 0 Å². The molecule has 0 amide bonds. The smallest absolute Gasteiger partial charge is 0.188 e. The SMILES string of the molecule is Cc1csc(Nc2ncc(CCC3CCNCC3)cc2[SH]2C=CC=C2)n1. The maximum atomic E-state index is 4.78. The number of allylic oxidation sites excluding steroid dienone is 2. The maximum Gasteiger partial charge on any atom is 0.188 e. The largest absolute Gasteiger partial charge is 0.317 e. The van der Waals surface area contributed by atoms with Crippen molar-refractivity contribution < 1.29 is 0 Å². The van der Waals surface area contributed by atoms with Crippen molar-refractivity contribution in [2.45, 2.75) is 37.5 Å². The number of nitrogens with one attached hydrogen (secondary N) is 2. The molecule has 0 atom stereocenters. The van der Waals surface area contributed by atoms with Gasteiger partial charge in [-0.05, 0) is 74.1 Å². The van der Waals surface area contributed by atoms with Crippen LogP contribution < -0.4 is 10.6 Å². The Hall–Kier alpha value is -1.63. The summed E-state index contributed by atoms with van der Waals surface area (Å²) in [6.45, 7) is 4.36. The molecule has 4 nitrogen and oxygen atoms in total. The number of aromatic nitrogens is 2. The second-order valence-electron chi connectivity index (χ2n) is 6.95. The van der Waals surface area contributed by atoms with Crippen LogP contribution in [-0.2, 0) is 6.42 Å². The van der Waals surface area contributed by atoms with E-state index in [9.17, 15) is 0 Å². The predicted octanol–water partition coefficient (Wildman–Crippen LogP) is 4.92. The molecule has 0 spiro atoms. The van der Waals surface area contributed by atoms with Crippen molar-refractivity contribution in [1.82, 2.24) is 15.3 Å². The highest BCUT2D eigenvalue weighted by atomic mass is 32.2. The molecular formula is C20H26N4S2. The van der Waals surface area contributed by atoms with E-state index in [0.29, 0.717) is 0 Å². The Morgan fingerprint density at radius 3 is 2.81 bits per heavy atom. The maximum absolute atomic E-state index is 4.78. The van der Waals surface area contributed by atoms with E-state index in [0.717, 1.165) is 29.0 Å². The van der Waals surface area contributed by atoms with Crippen LogP contribution in [0.3, 0.4) is 0 Å². The summed E-state index contributed by atoms with van der Waals surface area (Å²) in [7, 11) is -0.411. The molecule has 1 saturated heterocycles. The van der Waals surface area contributed by atoms with E-state index in [1.165, 1.54) is 42.8 Å². The van der Waals surface area contributed by atoms with Gasteiger partial charge in [0.05, 0.1) is 5.69 Å². The normalized spacial score (nSPS) is 18.6. The van der Waals surface area contributed by atoms with Crippen LogP contribution in [0.4, 0.5) is 10.9 Å². The minimum absolute atomic E-state index is 0.411. The standard InChI is InChI=1S/C20H26N4S2/c1-15-14-25-20(23-15)24-19-18(26-10-2-3-11-26)12-17(13-22-19)5-4-16-6-8-21-9-7-16/h2-3,10-14,16,21,26H,4-9H2,1H3,(H,22,23,24). The zero-order valence-corrected chi connectivity index (χ0v) is 16.8. The van der Waals surface area contributed by atoms with Gasteiger partial charge in [-0.25, -0.2) is 9.97 Å². The monoisotopic (exact) mass is 386 g/mol. The Balaban J connectivity index is 1.52. The zero-order valence-electron chi connectivity index (χ0n) is 15.1. The summed E-state index contributed by atoms with van der Waals surface area (Å²) in [5.41, 5.74) is 2.40. The number of thiol groups is 1. The zero-order chi connectivity index (χ0) is 17.8. The molecule has 26 heavy (non-hydrogen) atoms. The van der Waals surface area contributed by atoms with Gasteiger partial charge in [-0.1, -0.05) is 12.2 Å². The molecule has 2 aromatic rings. The first-order valence-corrected chi connectivity index (χ1v) is 11.7. The molecule has 138 valence electrons. The van der Waals surface area contributed by atoms with E-state index in [1.54, 1.807) is 11.3 Å². The van der Waals surface area contributed by atoms with Gasteiger partial charge in [0.15, 0.2) is 5.13 Å². The van der Waals surface area contributed by atoms with Crippen molar-refractivity contribution >= 4 is 33.2 Å². The van der Waals surface area contributed by atoms with Crippen molar-refractivity contribution in [3.05, 3.63) is 51.9 Å². The summed E-state index contributed by atoms with van der Waals surface area (Å²) in [5, 5.41) is 14.5. The lowest BCUT2D eigenvalue weighted by Gasteiger charge is -2.23. The first-order chi connectivity index (χ1) is 12.8. The van der Waals surface area contributed by atoms with Gasteiger partial charge in [0.1, 0.15) is 5.82 Å². The Morgan fingerprint density at radius 2 is 2.08 bits per heavy atom. The molecule has 6 heteroatoms. The van der Waals surface area contributed by atoms with Gasteiger partial charge in [-0.3, -0.25) is 0 Å². The number of hydrogen-bond acceptors (Lipinski definition) is 5. The first-order valence-electron chi connectivity index (χ1n) is 9.30. The van der Waals surface area contributed by atoms with Crippen molar-refractivity contribution in [3.8, 4) is 0 Å². The van der Waals surface area contributed by atoms with Crippen molar-refractivity contribution in [2.75, 3.05) is 18.4 Å². The van der Waals surface area contributed by atoms with E-state index in [2.05, 4.69) is 50.0 Å². The van der Waals surface area contributed by atoms with Gasteiger partial charge in [0, 0.05) is 16.5 Å². The van der Waals surface area contributed by atoms with Gasteiger partial charge in [0.2, 0.25) is 0 Å². The fraction of sp³-hybridized carbons (Fsp3) is 0.400.